The molecular weight excluding hydrogens is 270 g/mol. The van der Waals surface area contributed by atoms with Crippen LogP contribution in [0.1, 0.15) is 18.4 Å². The molecule has 6 nitrogen and oxygen atoms in total. The van der Waals surface area contributed by atoms with E-state index >= 15 is 0 Å². The molecule has 1 aromatic carbocycles. The molecule has 0 aliphatic carbocycles. The normalized spacial score (nSPS) is 18.8. The molecule has 6 heteroatoms. The van der Waals surface area contributed by atoms with Crippen molar-refractivity contribution < 1.29 is 9.59 Å². The van der Waals surface area contributed by atoms with Crippen LogP contribution in [0.25, 0.3) is 10.9 Å². The Hall–Kier alpha value is -2.50. The second-order valence-electron chi connectivity index (χ2n) is 5.32. The number of aromatic nitrogens is 2. The summed E-state index contributed by atoms with van der Waals surface area (Å²) in [5, 5.41) is 2.88. The lowest BCUT2D eigenvalue weighted by Gasteiger charge is -2.21. The van der Waals surface area contributed by atoms with Gasteiger partial charge in [0.05, 0.1) is 23.1 Å². The molecule has 0 bridgehead atoms. The topological polar surface area (TPSA) is 81.1 Å². The Morgan fingerprint density at radius 3 is 2.90 bits per heavy atom. The van der Waals surface area contributed by atoms with Crippen molar-refractivity contribution in [1.29, 1.82) is 0 Å². The molecular formula is C15H15N3O3. The molecule has 0 saturated carbocycles. The van der Waals surface area contributed by atoms with Crippen LogP contribution in [-0.2, 0) is 16.1 Å². The molecule has 1 unspecified atom stereocenters. The number of benzene rings is 1. The van der Waals surface area contributed by atoms with E-state index in [9.17, 15) is 14.4 Å². The van der Waals surface area contributed by atoms with Crippen LogP contribution < -0.4 is 10.9 Å². The smallest absolute Gasteiger partial charge is 0.261 e. The summed E-state index contributed by atoms with van der Waals surface area (Å²) in [5.41, 5.74) is 1.37. The molecule has 1 aliphatic heterocycles. The van der Waals surface area contributed by atoms with Crippen molar-refractivity contribution in [2.24, 2.45) is 5.92 Å². The molecule has 1 N–H and O–H groups in total. The van der Waals surface area contributed by atoms with Crippen LogP contribution in [0, 0.1) is 12.8 Å². The van der Waals surface area contributed by atoms with Crippen molar-refractivity contribution >= 4 is 22.7 Å². The Labute approximate surface area is 120 Å². The molecule has 3 rings (SSSR count). The minimum Gasteiger partial charge on any atom is -0.298 e. The summed E-state index contributed by atoms with van der Waals surface area (Å²) in [6, 6.07) is 5.51. The van der Waals surface area contributed by atoms with Gasteiger partial charge in [-0.1, -0.05) is 12.1 Å². The van der Waals surface area contributed by atoms with Gasteiger partial charge in [0.1, 0.15) is 0 Å². The van der Waals surface area contributed by atoms with Crippen molar-refractivity contribution in [2.45, 2.75) is 26.3 Å². The first kappa shape index (κ1) is 13.5. The van der Waals surface area contributed by atoms with Gasteiger partial charge in [-0.3, -0.25) is 24.3 Å². The van der Waals surface area contributed by atoms with Gasteiger partial charge in [-0.25, -0.2) is 4.98 Å². The molecule has 0 spiro atoms. The van der Waals surface area contributed by atoms with Gasteiger partial charge < -0.3 is 0 Å². The Kier molecular flexibility index (Phi) is 3.29. The van der Waals surface area contributed by atoms with Crippen molar-refractivity contribution in [3.8, 4) is 0 Å². The first-order valence-electron chi connectivity index (χ1n) is 6.84. The second kappa shape index (κ2) is 5.12. The highest BCUT2D eigenvalue weighted by molar-refractivity contribution is 5.98. The van der Waals surface area contributed by atoms with Crippen molar-refractivity contribution in [3.05, 3.63) is 40.4 Å². The Balaban J connectivity index is 1.97. The van der Waals surface area contributed by atoms with Crippen LogP contribution in [-0.4, -0.2) is 21.4 Å². The van der Waals surface area contributed by atoms with Crippen molar-refractivity contribution in [2.75, 3.05) is 0 Å². The average Bonchev–Trinajstić information content (AvgIpc) is 2.44. The number of hydrogen-bond donors (Lipinski definition) is 1. The number of rotatable bonds is 2. The van der Waals surface area contributed by atoms with Crippen LogP contribution >= 0.6 is 0 Å². The summed E-state index contributed by atoms with van der Waals surface area (Å²) in [7, 11) is 0. The number of carbonyl (C=O) groups is 2. The summed E-state index contributed by atoms with van der Waals surface area (Å²) < 4.78 is 1.45. The molecule has 1 saturated heterocycles. The highest BCUT2D eigenvalue weighted by Gasteiger charge is 2.27. The van der Waals surface area contributed by atoms with Crippen molar-refractivity contribution in [3.63, 3.8) is 0 Å². The third-order valence-corrected chi connectivity index (χ3v) is 3.83. The lowest BCUT2D eigenvalue weighted by atomic mass is 9.98. The number of nitrogens with zero attached hydrogens (tertiary/aromatic N) is 2. The number of piperidine rings is 1. The maximum Gasteiger partial charge on any atom is 0.261 e. The predicted octanol–water partition coefficient (Wildman–Crippen LogP) is 0.758. The molecule has 1 aromatic heterocycles. The molecule has 2 heterocycles. The zero-order valence-electron chi connectivity index (χ0n) is 11.6. The second-order valence-corrected chi connectivity index (χ2v) is 5.32. The molecule has 1 atom stereocenters. The number of hydrogen-bond acceptors (Lipinski definition) is 4. The maximum absolute atomic E-state index is 12.5. The van der Waals surface area contributed by atoms with E-state index in [0.29, 0.717) is 23.7 Å². The third-order valence-electron chi connectivity index (χ3n) is 3.83. The summed E-state index contributed by atoms with van der Waals surface area (Å²) in [6.07, 6.45) is 2.24. The number of amides is 2. The van der Waals surface area contributed by atoms with E-state index in [1.54, 1.807) is 6.07 Å². The number of imide groups is 1. The van der Waals surface area contributed by atoms with Gasteiger partial charge >= 0.3 is 0 Å². The summed E-state index contributed by atoms with van der Waals surface area (Å²) in [4.78, 5) is 39.7. The van der Waals surface area contributed by atoms with E-state index in [1.807, 2.05) is 19.1 Å². The highest BCUT2D eigenvalue weighted by atomic mass is 16.2. The minimum atomic E-state index is -0.372. The fraction of sp³-hybridized carbons (Fsp3) is 0.333. The summed E-state index contributed by atoms with van der Waals surface area (Å²) >= 11 is 0. The Bertz CT molecular complexity index is 794. The van der Waals surface area contributed by atoms with E-state index in [-0.39, 0.29) is 29.8 Å². The standard InChI is InChI=1S/C15H15N3O3/c1-9-3-2-4-11-13(9)15(21)18(8-16-11)7-10-5-6-12(19)17-14(10)20/h2-4,8,10H,5-7H2,1H3,(H,17,19,20). The van der Waals surface area contributed by atoms with E-state index < -0.39 is 0 Å². The molecule has 1 fully saturated rings. The quantitative estimate of drug-likeness (QED) is 0.826. The third kappa shape index (κ3) is 2.44. The zero-order valence-corrected chi connectivity index (χ0v) is 11.6. The molecule has 2 aromatic rings. The average molecular weight is 285 g/mol. The summed E-state index contributed by atoms with van der Waals surface area (Å²) in [5.74, 6) is -0.942. The number of nitrogens with one attached hydrogen (secondary N) is 1. The number of carbonyl (C=O) groups excluding carboxylic acids is 2. The molecule has 1 aliphatic rings. The minimum absolute atomic E-state index is 0.150. The fourth-order valence-electron chi connectivity index (χ4n) is 2.65. The first-order valence-corrected chi connectivity index (χ1v) is 6.84. The van der Waals surface area contributed by atoms with Gasteiger partial charge in [0.25, 0.3) is 5.56 Å². The van der Waals surface area contributed by atoms with Gasteiger partial charge in [-0.15, -0.1) is 0 Å². The lowest BCUT2D eigenvalue weighted by Crippen LogP contribution is -2.43. The summed E-state index contributed by atoms with van der Waals surface area (Å²) in [6.45, 7) is 2.11. The molecule has 108 valence electrons. The Morgan fingerprint density at radius 2 is 2.14 bits per heavy atom. The van der Waals surface area contributed by atoms with Crippen molar-refractivity contribution in [1.82, 2.24) is 14.9 Å². The van der Waals surface area contributed by atoms with Crippen LogP contribution in [0.4, 0.5) is 0 Å². The fourth-order valence-corrected chi connectivity index (χ4v) is 2.65. The molecule has 2 amide bonds. The van der Waals surface area contributed by atoms with Gasteiger partial charge in [0.2, 0.25) is 11.8 Å². The zero-order chi connectivity index (χ0) is 15.0. The van der Waals surface area contributed by atoms with Crippen LogP contribution in [0.2, 0.25) is 0 Å². The van der Waals surface area contributed by atoms with E-state index in [4.69, 9.17) is 0 Å². The van der Waals surface area contributed by atoms with Gasteiger partial charge in [0.15, 0.2) is 0 Å². The van der Waals surface area contributed by atoms with Crippen LogP contribution in [0.15, 0.2) is 29.3 Å². The van der Waals surface area contributed by atoms with Crippen LogP contribution in [0.3, 0.4) is 0 Å². The van der Waals surface area contributed by atoms with Crippen LogP contribution in [0.5, 0.6) is 0 Å². The lowest BCUT2D eigenvalue weighted by molar-refractivity contribution is -0.136. The largest absolute Gasteiger partial charge is 0.298 e. The Morgan fingerprint density at radius 1 is 1.33 bits per heavy atom. The van der Waals surface area contributed by atoms with E-state index in [1.165, 1.54) is 10.9 Å². The maximum atomic E-state index is 12.5. The number of fused-ring (bicyclic) bond motifs is 1. The highest BCUT2D eigenvalue weighted by Crippen LogP contribution is 2.15. The predicted molar refractivity (Wildman–Crippen MR) is 76.6 cm³/mol. The van der Waals surface area contributed by atoms with E-state index in [0.717, 1.165) is 5.56 Å². The number of aryl methyl sites for hydroxylation is 1. The van der Waals surface area contributed by atoms with Gasteiger partial charge in [0, 0.05) is 13.0 Å². The first-order chi connectivity index (χ1) is 10.1. The van der Waals surface area contributed by atoms with Gasteiger partial charge in [-0.05, 0) is 25.0 Å². The van der Waals surface area contributed by atoms with Gasteiger partial charge in [-0.2, -0.15) is 0 Å². The molecule has 21 heavy (non-hydrogen) atoms. The van der Waals surface area contributed by atoms with E-state index in [2.05, 4.69) is 10.3 Å². The monoisotopic (exact) mass is 285 g/mol. The SMILES string of the molecule is Cc1cccc2ncn(CC3CCC(=O)NC3=O)c(=O)c12. The molecule has 0 radical (unpaired) electrons.